The molecule has 3 rings (SSSR count). The second kappa shape index (κ2) is 4.76. The molecule has 1 aliphatic heterocycles. The number of fused-ring (bicyclic) bond motifs is 1. The van der Waals surface area contributed by atoms with Crippen LogP contribution in [0.1, 0.15) is 23.2 Å². The summed E-state index contributed by atoms with van der Waals surface area (Å²) >= 11 is 0. The van der Waals surface area contributed by atoms with E-state index in [2.05, 4.69) is 4.98 Å². The zero-order chi connectivity index (χ0) is 15.1. The first kappa shape index (κ1) is 13.4. The lowest BCUT2D eigenvalue weighted by Gasteiger charge is -2.22. The van der Waals surface area contributed by atoms with E-state index in [0.29, 0.717) is 29.4 Å². The van der Waals surface area contributed by atoms with Crippen molar-refractivity contribution < 1.29 is 9.59 Å². The first-order valence-electron chi connectivity index (χ1n) is 6.77. The molecular formula is C14H16N4O3. The molecular weight excluding hydrogens is 272 g/mol. The number of aryl methyl sites for hydroxylation is 1. The number of aromatic amines is 1. The summed E-state index contributed by atoms with van der Waals surface area (Å²) in [5.41, 5.74) is 5.95. The number of nitrogens with one attached hydrogen (secondary N) is 1. The number of amides is 2. The number of rotatable bonds is 2. The monoisotopic (exact) mass is 288 g/mol. The lowest BCUT2D eigenvalue weighted by Crippen LogP contribution is -2.44. The number of hydrogen-bond donors (Lipinski definition) is 2. The molecule has 110 valence electrons. The van der Waals surface area contributed by atoms with Gasteiger partial charge in [-0.25, -0.2) is 0 Å². The predicted octanol–water partition coefficient (Wildman–Crippen LogP) is -0.0435. The van der Waals surface area contributed by atoms with Gasteiger partial charge in [0.05, 0.1) is 5.56 Å². The molecule has 0 aromatic carbocycles. The van der Waals surface area contributed by atoms with Gasteiger partial charge in [0.1, 0.15) is 11.6 Å². The molecule has 0 bridgehead atoms. The minimum Gasteiger partial charge on any atom is -0.368 e. The van der Waals surface area contributed by atoms with Gasteiger partial charge in [0, 0.05) is 31.4 Å². The molecule has 3 N–H and O–H groups in total. The molecule has 7 heteroatoms. The van der Waals surface area contributed by atoms with Gasteiger partial charge >= 0.3 is 0 Å². The average Bonchev–Trinajstić information content (AvgIpc) is 3.10. The van der Waals surface area contributed by atoms with Crippen LogP contribution in [0.2, 0.25) is 0 Å². The van der Waals surface area contributed by atoms with Crippen molar-refractivity contribution >= 4 is 22.7 Å². The van der Waals surface area contributed by atoms with Gasteiger partial charge in [-0.2, -0.15) is 0 Å². The van der Waals surface area contributed by atoms with Crippen LogP contribution in [0.5, 0.6) is 0 Å². The highest BCUT2D eigenvalue weighted by molar-refractivity contribution is 6.07. The Morgan fingerprint density at radius 2 is 2.19 bits per heavy atom. The van der Waals surface area contributed by atoms with Crippen LogP contribution >= 0.6 is 0 Å². The lowest BCUT2D eigenvalue weighted by molar-refractivity contribution is -0.121. The van der Waals surface area contributed by atoms with E-state index >= 15 is 0 Å². The Bertz CT molecular complexity index is 789. The third-order valence-corrected chi connectivity index (χ3v) is 3.97. The fourth-order valence-corrected chi connectivity index (χ4v) is 2.90. The highest BCUT2D eigenvalue weighted by Crippen LogP contribution is 2.23. The number of primary amides is 1. The summed E-state index contributed by atoms with van der Waals surface area (Å²) in [5, 5.41) is 0.568. The molecule has 0 radical (unpaired) electrons. The van der Waals surface area contributed by atoms with Gasteiger partial charge in [0.15, 0.2) is 0 Å². The molecule has 2 aromatic heterocycles. The van der Waals surface area contributed by atoms with Crippen LogP contribution in [-0.2, 0) is 11.8 Å². The molecule has 1 atom stereocenters. The van der Waals surface area contributed by atoms with Gasteiger partial charge in [-0.05, 0) is 18.9 Å². The van der Waals surface area contributed by atoms with Crippen LogP contribution in [-0.4, -0.2) is 38.9 Å². The van der Waals surface area contributed by atoms with E-state index in [9.17, 15) is 14.4 Å². The van der Waals surface area contributed by atoms with Crippen molar-refractivity contribution in [1.82, 2.24) is 14.5 Å². The van der Waals surface area contributed by atoms with Crippen molar-refractivity contribution in [2.45, 2.75) is 18.9 Å². The zero-order valence-corrected chi connectivity index (χ0v) is 11.6. The molecule has 21 heavy (non-hydrogen) atoms. The number of aromatic nitrogens is 2. The van der Waals surface area contributed by atoms with Crippen LogP contribution in [0.3, 0.4) is 0 Å². The van der Waals surface area contributed by atoms with Crippen molar-refractivity contribution in [1.29, 1.82) is 0 Å². The van der Waals surface area contributed by atoms with Crippen LogP contribution in [0.25, 0.3) is 10.9 Å². The second-order valence-corrected chi connectivity index (χ2v) is 5.28. The normalized spacial score (nSPS) is 18.3. The minimum absolute atomic E-state index is 0.195. The number of nitrogens with zero attached hydrogens (tertiary/aromatic N) is 2. The summed E-state index contributed by atoms with van der Waals surface area (Å²) in [5.74, 6) is -0.757. The summed E-state index contributed by atoms with van der Waals surface area (Å²) < 4.78 is 1.36. The Kier molecular flexibility index (Phi) is 3.04. The van der Waals surface area contributed by atoms with Gasteiger partial charge < -0.3 is 20.2 Å². The lowest BCUT2D eigenvalue weighted by atomic mass is 10.1. The molecule has 7 nitrogen and oxygen atoms in total. The largest absolute Gasteiger partial charge is 0.368 e. The first-order valence-corrected chi connectivity index (χ1v) is 6.77. The molecule has 1 fully saturated rings. The maximum absolute atomic E-state index is 12.7. The SMILES string of the molecule is Cn1cc(C(=O)N2CCCC2C(N)=O)c2cc[nH]c2c1=O. The van der Waals surface area contributed by atoms with Gasteiger partial charge in [0.25, 0.3) is 11.5 Å². The Balaban J connectivity index is 2.10. The number of likely N-dealkylation sites (tertiary alicyclic amines) is 1. The van der Waals surface area contributed by atoms with Gasteiger partial charge in [0.2, 0.25) is 5.91 Å². The van der Waals surface area contributed by atoms with Gasteiger partial charge in [-0.15, -0.1) is 0 Å². The minimum atomic E-state index is -0.566. The molecule has 3 heterocycles. The van der Waals surface area contributed by atoms with E-state index in [-0.39, 0.29) is 11.5 Å². The van der Waals surface area contributed by atoms with Crippen molar-refractivity contribution in [3.05, 3.63) is 34.4 Å². The number of pyridine rings is 1. The Labute approximate surface area is 120 Å². The maximum atomic E-state index is 12.7. The number of H-pyrrole nitrogens is 1. The van der Waals surface area contributed by atoms with Crippen LogP contribution in [0, 0.1) is 0 Å². The van der Waals surface area contributed by atoms with E-state index in [1.807, 2.05) is 0 Å². The average molecular weight is 288 g/mol. The van der Waals surface area contributed by atoms with Crippen molar-refractivity contribution in [2.75, 3.05) is 6.54 Å². The molecule has 2 aromatic rings. The Morgan fingerprint density at radius 3 is 2.90 bits per heavy atom. The zero-order valence-electron chi connectivity index (χ0n) is 11.6. The summed E-state index contributed by atoms with van der Waals surface area (Å²) in [7, 11) is 1.59. The van der Waals surface area contributed by atoms with Crippen LogP contribution in [0.4, 0.5) is 0 Å². The number of carbonyl (C=O) groups is 2. The molecule has 0 aliphatic carbocycles. The van der Waals surface area contributed by atoms with E-state index in [1.54, 1.807) is 19.3 Å². The van der Waals surface area contributed by atoms with Crippen LogP contribution in [0.15, 0.2) is 23.3 Å². The van der Waals surface area contributed by atoms with Gasteiger partial charge in [-0.3, -0.25) is 14.4 Å². The number of nitrogens with two attached hydrogens (primary N) is 1. The summed E-state index contributed by atoms with van der Waals surface area (Å²) in [6, 6.07) is 1.13. The Morgan fingerprint density at radius 1 is 1.43 bits per heavy atom. The molecule has 1 unspecified atom stereocenters. The fraction of sp³-hybridized carbons (Fsp3) is 0.357. The molecule has 1 saturated heterocycles. The van der Waals surface area contributed by atoms with E-state index in [1.165, 1.54) is 15.7 Å². The third-order valence-electron chi connectivity index (χ3n) is 3.97. The first-order chi connectivity index (χ1) is 10.0. The van der Waals surface area contributed by atoms with Gasteiger partial charge in [-0.1, -0.05) is 0 Å². The topological polar surface area (TPSA) is 101 Å². The molecule has 0 spiro atoms. The fourth-order valence-electron chi connectivity index (χ4n) is 2.90. The van der Waals surface area contributed by atoms with Crippen molar-refractivity contribution in [2.24, 2.45) is 12.8 Å². The maximum Gasteiger partial charge on any atom is 0.274 e. The number of hydrogen-bond acceptors (Lipinski definition) is 3. The number of carbonyl (C=O) groups excluding carboxylic acids is 2. The van der Waals surface area contributed by atoms with E-state index < -0.39 is 11.9 Å². The van der Waals surface area contributed by atoms with Crippen molar-refractivity contribution in [3.63, 3.8) is 0 Å². The third kappa shape index (κ3) is 2.01. The second-order valence-electron chi connectivity index (χ2n) is 5.28. The molecule has 0 saturated carbocycles. The molecule has 2 amide bonds. The smallest absolute Gasteiger partial charge is 0.274 e. The highest BCUT2D eigenvalue weighted by Gasteiger charge is 2.34. The summed E-state index contributed by atoms with van der Waals surface area (Å²) in [6.45, 7) is 0.501. The van der Waals surface area contributed by atoms with E-state index in [0.717, 1.165) is 6.42 Å². The van der Waals surface area contributed by atoms with E-state index in [4.69, 9.17) is 5.73 Å². The summed E-state index contributed by atoms with van der Waals surface area (Å²) in [4.78, 5) is 40.5. The van der Waals surface area contributed by atoms with Crippen molar-refractivity contribution in [3.8, 4) is 0 Å². The molecule has 1 aliphatic rings. The highest BCUT2D eigenvalue weighted by atomic mass is 16.2. The quantitative estimate of drug-likeness (QED) is 0.810. The summed E-state index contributed by atoms with van der Waals surface area (Å²) in [6.07, 6.45) is 4.47. The van der Waals surface area contributed by atoms with Crippen LogP contribution < -0.4 is 11.3 Å². The standard InChI is InChI=1S/C14H16N4O3/c1-17-7-9(8-4-5-16-11(8)14(17)21)13(20)18-6-2-3-10(18)12(15)19/h4-5,7,10,16H,2-3,6H2,1H3,(H2,15,19). The Hall–Kier alpha value is -2.57. The predicted molar refractivity (Wildman–Crippen MR) is 76.8 cm³/mol.